The number of rotatable bonds is 8. The Morgan fingerprint density at radius 2 is 1.71 bits per heavy atom. The second-order valence-corrected chi connectivity index (χ2v) is 10.3. The quantitative estimate of drug-likeness (QED) is 0.443. The van der Waals surface area contributed by atoms with Crippen molar-refractivity contribution in [2.75, 3.05) is 18.9 Å². The lowest BCUT2D eigenvalue weighted by Gasteiger charge is -2.54. The third-order valence-corrected chi connectivity index (χ3v) is 4.95. The molecule has 1 rings (SSSR count). The van der Waals surface area contributed by atoms with Crippen LogP contribution in [-0.4, -0.2) is 64.8 Å². The van der Waals surface area contributed by atoms with Gasteiger partial charge in [0.2, 0.25) is 0 Å². The topological polar surface area (TPSA) is 99.1 Å². The highest BCUT2D eigenvalue weighted by atomic mass is 32.2. The van der Waals surface area contributed by atoms with Crippen molar-refractivity contribution >= 4 is 10.1 Å². The predicted octanol–water partition coefficient (Wildman–Crippen LogP) is 1.58. The summed E-state index contributed by atoms with van der Waals surface area (Å²) in [6, 6.07) is 0.235. The molecule has 0 spiro atoms. The van der Waals surface area contributed by atoms with E-state index in [1.165, 1.54) is 0 Å². The maximum Gasteiger partial charge on any atom is 0.264 e. The first-order valence-electron chi connectivity index (χ1n) is 8.47. The van der Waals surface area contributed by atoms with Crippen LogP contribution in [0.4, 0.5) is 0 Å². The Labute approximate surface area is 146 Å². The van der Waals surface area contributed by atoms with Gasteiger partial charge in [0.05, 0.1) is 18.0 Å². The number of hydrogen-bond acceptors (Lipinski definition) is 6. The largest absolute Gasteiger partial charge is 0.388 e. The smallest absolute Gasteiger partial charge is 0.264 e. The van der Waals surface area contributed by atoms with Crippen molar-refractivity contribution in [2.24, 2.45) is 0 Å². The minimum absolute atomic E-state index is 0.222. The molecule has 0 aromatic carbocycles. The van der Waals surface area contributed by atoms with Crippen LogP contribution in [0.5, 0.6) is 0 Å². The van der Waals surface area contributed by atoms with Gasteiger partial charge in [-0.25, -0.2) is 0 Å². The number of nitrogens with zero attached hydrogens (tertiary/aromatic N) is 1. The van der Waals surface area contributed by atoms with Gasteiger partial charge in [-0.1, -0.05) is 0 Å². The molecule has 1 fully saturated rings. The van der Waals surface area contributed by atoms with Crippen molar-refractivity contribution < 1.29 is 22.9 Å². The SMILES string of the molecule is CC(C)(O)CON1C(C)(C)CC(NCCCS(=O)(=O)O)CC1(C)C. The molecule has 7 nitrogen and oxygen atoms in total. The van der Waals surface area contributed by atoms with Crippen LogP contribution in [0.25, 0.3) is 0 Å². The van der Waals surface area contributed by atoms with Gasteiger partial charge >= 0.3 is 0 Å². The molecular formula is C16H34N2O5S. The van der Waals surface area contributed by atoms with Crippen LogP contribution < -0.4 is 5.32 Å². The van der Waals surface area contributed by atoms with E-state index in [4.69, 9.17) is 9.39 Å². The Kier molecular flexibility index (Phi) is 6.86. The lowest BCUT2D eigenvalue weighted by atomic mass is 9.79. The van der Waals surface area contributed by atoms with Crippen LogP contribution in [0.3, 0.4) is 0 Å². The molecule has 0 unspecified atom stereocenters. The molecule has 1 aliphatic rings. The standard InChI is InChI=1S/C16H34N2O5S/c1-14(2)10-13(17-8-7-9-24(20,21)22)11-15(3,4)18(14)23-12-16(5,6)19/h13,17,19H,7-12H2,1-6H3,(H,20,21,22). The van der Waals surface area contributed by atoms with E-state index in [1.54, 1.807) is 13.8 Å². The van der Waals surface area contributed by atoms with E-state index in [1.807, 2.05) is 5.06 Å². The van der Waals surface area contributed by atoms with Gasteiger partial charge in [-0.15, -0.1) is 0 Å². The van der Waals surface area contributed by atoms with Crippen molar-refractivity contribution in [1.29, 1.82) is 0 Å². The molecule has 0 bridgehead atoms. The normalized spacial score (nSPS) is 22.7. The van der Waals surface area contributed by atoms with Crippen molar-refractivity contribution in [3.05, 3.63) is 0 Å². The van der Waals surface area contributed by atoms with Gasteiger partial charge in [-0.05, 0) is 67.3 Å². The summed E-state index contributed by atoms with van der Waals surface area (Å²) in [5, 5.41) is 15.3. The highest BCUT2D eigenvalue weighted by Crippen LogP contribution is 2.38. The molecule has 8 heteroatoms. The average molecular weight is 367 g/mol. The molecule has 0 atom stereocenters. The van der Waals surface area contributed by atoms with Crippen LogP contribution in [0.15, 0.2) is 0 Å². The van der Waals surface area contributed by atoms with E-state index in [0.717, 1.165) is 12.8 Å². The fraction of sp³-hybridized carbons (Fsp3) is 1.00. The van der Waals surface area contributed by atoms with E-state index in [-0.39, 0.29) is 29.5 Å². The summed E-state index contributed by atoms with van der Waals surface area (Å²) in [5.74, 6) is -0.222. The molecule has 0 saturated carbocycles. The lowest BCUT2D eigenvalue weighted by Crippen LogP contribution is -2.64. The molecule has 1 heterocycles. The first-order valence-corrected chi connectivity index (χ1v) is 10.1. The number of aliphatic hydroxyl groups is 1. The maximum atomic E-state index is 10.8. The van der Waals surface area contributed by atoms with E-state index >= 15 is 0 Å². The Hall–Kier alpha value is -0.250. The summed E-state index contributed by atoms with van der Waals surface area (Å²) < 4.78 is 30.3. The minimum atomic E-state index is -3.89. The molecule has 3 N–H and O–H groups in total. The molecule has 0 aromatic heterocycles. The van der Waals surface area contributed by atoms with Crippen molar-refractivity contribution in [2.45, 2.75) is 83.5 Å². The fourth-order valence-corrected chi connectivity index (χ4v) is 4.05. The summed E-state index contributed by atoms with van der Waals surface area (Å²) in [5.41, 5.74) is -1.35. The zero-order valence-electron chi connectivity index (χ0n) is 15.8. The number of nitrogens with one attached hydrogen (secondary N) is 1. The third kappa shape index (κ3) is 7.33. The summed E-state index contributed by atoms with van der Waals surface area (Å²) in [4.78, 5) is 5.94. The molecule has 0 aliphatic carbocycles. The lowest BCUT2D eigenvalue weighted by molar-refractivity contribution is -0.299. The van der Waals surface area contributed by atoms with E-state index in [9.17, 15) is 13.5 Å². The summed E-state index contributed by atoms with van der Waals surface area (Å²) >= 11 is 0. The molecule has 1 aliphatic heterocycles. The highest BCUT2D eigenvalue weighted by Gasteiger charge is 2.46. The molecule has 0 aromatic rings. The number of hydroxylamine groups is 2. The van der Waals surface area contributed by atoms with E-state index in [0.29, 0.717) is 13.0 Å². The van der Waals surface area contributed by atoms with Gasteiger partial charge < -0.3 is 10.4 Å². The number of piperidine rings is 1. The zero-order valence-corrected chi connectivity index (χ0v) is 16.6. The van der Waals surface area contributed by atoms with Gasteiger partial charge in [-0.2, -0.15) is 13.5 Å². The molecule has 144 valence electrons. The van der Waals surface area contributed by atoms with Crippen LogP contribution in [0, 0.1) is 0 Å². The summed E-state index contributed by atoms with van der Waals surface area (Å²) in [6.45, 7) is 12.6. The van der Waals surface area contributed by atoms with Crippen molar-refractivity contribution in [3.63, 3.8) is 0 Å². The first kappa shape index (κ1) is 21.8. The van der Waals surface area contributed by atoms with Crippen molar-refractivity contribution in [1.82, 2.24) is 10.4 Å². The Bertz CT molecular complexity index is 493. The van der Waals surface area contributed by atoms with Crippen LogP contribution >= 0.6 is 0 Å². The Balaban J connectivity index is 2.63. The summed E-state index contributed by atoms with van der Waals surface area (Å²) in [7, 11) is -3.89. The molecule has 0 radical (unpaired) electrons. The monoisotopic (exact) mass is 366 g/mol. The maximum absolute atomic E-state index is 10.8. The molecular weight excluding hydrogens is 332 g/mol. The second-order valence-electron chi connectivity index (χ2n) is 8.70. The number of hydrogen-bond donors (Lipinski definition) is 3. The average Bonchev–Trinajstić information content (AvgIpc) is 2.29. The van der Waals surface area contributed by atoms with Gasteiger partial charge in [-0.3, -0.25) is 9.39 Å². The van der Waals surface area contributed by atoms with Gasteiger partial charge in [0, 0.05) is 17.1 Å². The van der Waals surface area contributed by atoms with Gasteiger partial charge in [0.25, 0.3) is 10.1 Å². The van der Waals surface area contributed by atoms with Crippen molar-refractivity contribution in [3.8, 4) is 0 Å². The first-order chi connectivity index (χ1) is 10.6. The molecule has 0 amide bonds. The fourth-order valence-electron chi connectivity index (χ4n) is 3.54. The zero-order chi connectivity index (χ0) is 18.8. The highest BCUT2D eigenvalue weighted by molar-refractivity contribution is 7.85. The Morgan fingerprint density at radius 1 is 1.21 bits per heavy atom. The Morgan fingerprint density at radius 3 is 2.12 bits per heavy atom. The summed E-state index contributed by atoms with van der Waals surface area (Å²) in [6.07, 6.45) is 2.07. The van der Waals surface area contributed by atoms with Crippen LogP contribution in [0.2, 0.25) is 0 Å². The van der Waals surface area contributed by atoms with Crippen LogP contribution in [0.1, 0.15) is 60.8 Å². The molecule has 24 heavy (non-hydrogen) atoms. The molecule has 1 saturated heterocycles. The van der Waals surface area contributed by atoms with E-state index in [2.05, 4.69) is 33.0 Å². The third-order valence-electron chi connectivity index (χ3n) is 4.15. The van der Waals surface area contributed by atoms with E-state index < -0.39 is 15.7 Å². The van der Waals surface area contributed by atoms with Crippen LogP contribution in [-0.2, 0) is 15.0 Å². The predicted molar refractivity (Wildman–Crippen MR) is 94.3 cm³/mol. The minimum Gasteiger partial charge on any atom is -0.388 e. The van der Waals surface area contributed by atoms with Gasteiger partial charge in [0.1, 0.15) is 0 Å². The second kappa shape index (κ2) is 7.55. The van der Waals surface area contributed by atoms with Gasteiger partial charge in [0.15, 0.2) is 0 Å².